The van der Waals surface area contributed by atoms with Gasteiger partial charge in [-0.15, -0.1) is 0 Å². The van der Waals surface area contributed by atoms with Crippen LogP contribution in [0.25, 0.3) is 0 Å². The largest absolute Gasteiger partial charge is 0.315 e. The fourth-order valence-electron chi connectivity index (χ4n) is 1.15. The molecule has 4 nitrogen and oxygen atoms in total. The van der Waals surface area contributed by atoms with Crippen molar-refractivity contribution in [3.05, 3.63) is 29.8 Å². The number of anilines is 1. The second-order valence-electron chi connectivity index (χ2n) is 2.90. The van der Waals surface area contributed by atoms with Gasteiger partial charge in [0, 0.05) is 24.2 Å². The number of carbonyl (C=O) groups is 2. The topological polar surface area (TPSA) is 54.5 Å². The van der Waals surface area contributed by atoms with Gasteiger partial charge >= 0.3 is 0 Å². The highest BCUT2D eigenvalue weighted by molar-refractivity contribution is 5.79. The van der Waals surface area contributed by atoms with Gasteiger partial charge in [-0.25, -0.2) is 0 Å². The molecule has 0 aromatic heterocycles. The number of hydrogen-bond acceptors (Lipinski definition) is 3. The first-order chi connectivity index (χ1) is 7.31. The maximum Gasteiger partial charge on any atom is 0.214 e. The van der Waals surface area contributed by atoms with Crippen LogP contribution in [0.4, 0.5) is 5.69 Å². The lowest BCUT2D eigenvalue weighted by molar-refractivity contribution is -0.107. The molecule has 0 fully saturated rings. The molecule has 1 aromatic carbocycles. The van der Waals surface area contributed by atoms with Gasteiger partial charge in [-0.2, -0.15) is 0 Å². The van der Waals surface area contributed by atoms with E-state index in [1.165, 1.54) is 4.90 Å². The highest BCUT2D eigenvalue weighted by atomic mass is 16.1. The number of rotatable bonds is 6. The summed E-state index contributed by atoms with van der Waals surface area (Å²) in [6.45, 7) is 0.299. The highest BCUT2D eigenvalue weighted by Crippen LogP contribution is 2.13. The average molecular weight is 204 g/mol. The van der Waals surface area contributed by atoms with Gasteiger partial charge in [0.2, 0.25) is 6.41 Å². The summed E-state index contributed by atoms with van der Waals surface area (Å²) in [5.74, 6) is 0. The number of aldehydes is 1. The molecule has 0 N–H and O–H groups in total. The minimum absolute atomic E-state index is 0.175. The van der Waals surface area contributed by atoms with Gasteiger partial charge in [0.15, 0.2) is 6.29 Å². The number of amides is 1. The summed E-state index contributed by atoms with van der Waals surface area (Å²) >= 11 is 0. The van der Waals surface area contributed by atoms with Gasteiger partial charge < -0.3 is 4.90 Å². The average Bonchev–Trinajstić information content (AvgIpc) is 2.31. The van der Waals surface area contributed by atoms with Crippen LogP contribution in [0.5, 0.6) is 0 Å². The van der Waals surface area contributed by atoms with Gasteiger partial charge in [0.05, 0.1) is 0 Å². The summed E-state index contributed by atoms with van der Waals surface area (Å²) < 4.78 is 0. The van der Waals surface area contributed by atoms with E-state index in [0.29, 0.717) is 24.2 Å². The van der Waals surface area contributed by atoms with Gasteiger partial charge in [0.25, 0.3) is 0 Å². The smallest absolute Gasteiger partial charge is 0.214 e. The molecule has 0 aliphatic rings. The number of carbonyl (C=O) groups excluding carboxylic acids is 3. The summed E-state index contributed by atoms with van der Waals surface area (Å²) in [5.41, 5.74) is 1.21. The molecule has 1 amide bonds. The Bertz CT molecular complexity index is 345. The molecule has 1 radical (unpaired) electrons. The maximum atomic E-state index is 10.7. The van der Waals surface area contributed by atoms with E-state index in [2.05, 4.69) is 0 Å². The van der Waals surface area contributed by atoms with E-state index in [1.807, 2.05) is 0 Å². The SMILES string of the molecule is O=[C]CCN(C=O)c1ccc(C=O)cc1. The molecule has 1 aromatic rings. The molecule has 77 valence electrons. The monoisotopic (exact) mass is 204 g/mol. The van der Waals surface area contributed by atoms with Crippen molar-refractivity contribution < 1.29 is 14.4 Å². The minimum atomic E-state index is 0.175. The lowest BCUT2D eigenvalue weighted by Gasteiger charge is -2.15. The first kappa shape index (κ1) is 11.1. The van der Waals surface area contributed by atoms with Crippen LogP contribution in [0.2, 0.25) is 0 Å². The van der Waals surface area contributed by atoms with Crippen molar-refractivity contribution >= 4 is 24.7 Å². The molecule has 0 bridgehead atoms. The zero-order valence-corrected chi connectivity index (χ0v) is 8.05. The van der Waals surface area contributed by atoms with Crippen LogP contribution < -0.4 is 4.90 Å². The van der Waals surface area contributed by atoms with E-state index >= 15 is 0 Å². The van der Waals surface area contributed by atoms with Crippen molar-refractivity contribution in [2.24, 2.45) is 0 Å². The van der Waals surface area contributed by atoms with Gasteiger partial charge in [-0.05, 0) is 24.3 Å². The van der Waals surface area contributed by atoms with E-state index in [1.54, 1.807) is 30.6 Å². The fourth-order valence-corrected chi connectivity index (χ4v) is 1.15. The zero-order chi connectivity index (χ0) is 11.1. The van der Waals surface area contributed by atoms with Crippen molar-refractivity contribution in [3.63, 3.8) is 0 Å². The Hall–Kier alpha value is -1.97. The van der Waals surface area contributed by atoms with Crippen LogP contribution in [0, 0.1) is 0 Å². The Kier molecular flexibility index (Phi) is 4.22. The van der Waals surface area contributed by atoms with Crippen LogP contribution >= 0.6 is 0 Å². The standard InChI is InChI=1S/C11H10NO3/c13-7-1-6-12(9-15)11-4-2-10(8-14)3-5-11/h2-5,8-9H,1,6H2. The third-order valence-electron chi connectivity index (χ3n) is 1.94. The van der Waals surface area contributed by atoms with E-state index in [-0.39, 0.29) is 6.42 Å². The van der Waals surface area contributed by atoms with Crippen molar-refractivity contribution in [1.29, 1.82) is 0 Å². The van der Waals surface area contributed by atoms with Crippen LogP contribution in [-0.2, 0) is 9.59 Å². The molecule has 1 rings (SSSR count). The van der Waals surface area contributed by atoms with Crippen LogP contribution in [0.1, 0.15) is 16.8 Å². The van der Waals surface area contributed by atoms with E-state index in [4.69, 9.17) is 0 Å². The lowest BCUT2D eigenvalue weighted by Crippen LogP contribution is -2.22. The first-order valence-electron chi connectivity index (χ1n) is 4.44. The molecule has 0 spiro atoms. The Balaban J connectivity index is 2.77. The van der Waals surface area contributed by atoms with Crippen molar-refractivity contribution in [2.45, 2.75) is 6.42 Å². The summed E-state index contributed by atoms with van der Waals surface area (Å²) in [6, 6.07) is 6.54. The summed E-state index contributed by atoms with van der Waals surface area (Å²) in [7, 11) is 0. The van der Waals surface area contributed by atoms with E-state index in [9.17, 15) is 14.4 Å². The molecule has 0 aliphatic heterocycles. The molecule has 4 heteroatoms. The fraction of sp³-hybridized carbons (Fsp3) is 0.182. The molecule has 0 unspecified atom stereocenters. The lowest BCUT2D eigenvalue weighted by atomic mass is 10.2. The molecule has 0 atom stereocenters. The van der Waals surface area contributed by atoms with Gasteiger partial charge in [0.1, 0.15) is 6.29 Å². The second kappa shape index (κ2) is 5.70. The van der Waals surface area contributed by atoms with Gasteiger partial charge in [-0.3, -0.25) is 14.4 Å². The third-order valence-corrected chi connectivity index (χ3v) is 1.94. The van der Waals surface area contributed by atoms with Crippen molar-refractivity contribution in [3.8, 4) is 0 Å². The van der Waals surface area contributed by atoms with Crippen LogP contribution in [-0.4, -0.2) is 25.5 Å². The predicted molar refractivity (Wildman–Crippen MR) is 55.6 cm³/mol. The molecule has 0 heterocycles. The van der Waals surface area contributed by atoms with E-state index in [0.717, 1.165) is 6.29 Å². The number of hydrogen-bond donors (Lipinski definition) is 0. The Labute approximate surface area is 87.5 Å². The Morgan fingerprint density at radius 2 is 1.87 bits per heavy atom. The molecule has 0 aliphatic carbocycles. The Morgan fingerprint density at radius 1 is 1.20 bits per heavy atom. The molecular weight excluding hydrogens is 194 g/mol. The van der Waals surface area contributed by atoms with E-state index < -0.39 is 0 Å². The summed E-state index contributed by atoms with van der Waals surface area (Å²) in [5, 5.41) is 0. The number of nitrogens with zero attached hydrogens (tertiary/aromatic N) is 1. The summed E-state index contributed by atoms with van der Waals surface area (Å²) in [6.07, 6.45) is 3.27. The normalized spacial score (nSPS) is 9.33. The van der Waals surface area contributed by atoms with Gasteiger partial charge in [-0.1, -0.05) is 0 Å². The first-order valence-corrected chi connectivity index (χ1v) is 4.44. The van der Waals surface area contributed by atoms with Crippen molar-refractivity contribution in [2.75, 3.05) is 11.4 Å². The molecule has 0 saturated heterocycles. The molecule has 0 saturated carbocycles. The third kappa shape index (κ3) is 3.02. The Morgan fingerprint density at radius 3 is 2.33 bits per heavy atom. The molecular formula is C11H10NO3. The predicted octanol–water partition coefficient (Wildman–Crippen LogP) is 0.962. The van der Waals surface area contributed by atoms with Crippen LogP contribution in [0.15, 0.2) is 24.3 Å². The zero-order valence-electron chi connectivity index (χ0n) is 8.05. The van der Waals surface area contributed by atoms with Crippen molar-refractivity contribution in [1.82, 2.24) is 0 Å². The quantitative estimate of drug-likeness (QED) is 0.648. The molecule has 15 heavy (non-hydrogen) atoms. The summed E-state index contributed by atoms with van der Waals surface area (Å²) in [4.78, 5) is 32.5. The maximum absolute atomic E-state index is 10.7. The number of benzene rings is 1. The minimum Gasteiger partial charge on any atom is -0.315 e. The highest BCUT2D eigenvalue weighted by Gasteiger charge is 2.04. The second-order valence-corrected chi connectivity index (χ2v) is 2.90. The van der Waals surface area contributed by atoms with Crippen LogP contribution in [0.3, 0.4) is 0 Å².